The van der Waals surface area contributed by atoms with Crippen LogP contribution in [-0.4, -0.2) is 6.10 Å². The molecule has 15 heavy (non-hydrogen) atoms. The van der Waals surface area contributed by atoms with Gasteiger partial charge in [-0.05, 0) is 43.5 Å². The SMILES string of the molecule is CC(C)OCc1cc2cc(N)ccc2s1. The van der Waals surface area contributed by atoms with Gasteiger partial charge in [0.2, 0.25) is 0 Å². The number of benzene rings is 1. The van der Waals surface area contributed by atoms with E-state index in [4.69, 9.17) is 10.5 Å². The average Bonchev–Trinajstić information content (AvgIpc) is 2.56. The van der Waals surface area contributed by atoms with Gasteiger partial charge in [-0.1, -0.05) is 0 Å². The number of hydrogen-bond donors (Lipinski definition) is 1. The largest absolute Gasteiger partial charge is 0.399 e. The zero-order valence-electron chi connectivity index (χ0n) is 8.99. The van der Waals surface area contributed by atoms with Gasteiger partial charge in [-0.15, -0.1) is 11.3 Å². The number of nitrogen functional groups attached to an aromatic ring is 1. The minimum Gasteiger partial charge on any atom is -0.399 e. The minimum absolute atomic E-state index is 0.278. The van der Waals surface area contributed by atoms with E-state index in [1.165, 1.54) is 15.0 Å². The monoisotopic (exact) mass is 221 g/mol. The Bertz CT molecular complexity index is 462. The maximum absolute atomic E-state index is 5.73. The number of rotatable bonds is 3. The summed E-state index contributed by atoms with van der Waals surface area (Å²) in [6.45, 7) is 4.79. The van der Waals surface area contributed by atoms with Crippen molar-refractivity contribution in [3.8, 4) is 0 Å². The van der Waals surface area contributed by atoms with Crippen LogP contribution in [0, 0.1) is 0 Å². The van der Waals surface area contributed by atoms with Gasteiger partial charge in [0.05, 0.1) is 12.7 Å². The van der Waals surface area contributed by atoms with Crippen molar-refractivity contribution in [3.63, 3.8) is 0 Å². The zero-order chi connectivity index (χ0) is 10.8. The number of hydrogen-bond acceptors (Lipinski definition) is 3. The predicted octanol–water partition coefficient (Wildman–Crippen LogP) is 3.41. The van der Waals surface area contributed by atoms with E-state index in [1.54, 1.807) is 11.3 Å². The van der Waals surface area contributed by atoms with E-state index < -0.39 is 0 Å². The highest BCUT2D eigenvalue weighted by Gasteiger charge is 2.03. The maximum Gasteiger partial charge on any atom is 0.0813 e. The van der Waals surface area contributed by atoms with E-state index in [9.17, 15) is 0 Å². The molecule has 0 amide bonds. The van der Waals surface area contributed by atoms with Gasteiger partial charge in [0.25, 0.3) is 0 Å². The minimum atomic E-state index is 0.278. The second-order valence-corrected chi connectivity index (χ2v) is 5.04. The molecule has 0 atom stereocenters. The summed E-state index contributed by atoms with van der Waals surface area (Å²) >= 11 is 1.77. The fourth-order valence-electron chi connectivity index (χ4n) is 1.44. The average molecular weight is 221 g/mol. The van der Waals surface area contributed by atoms with Crippen LogP contribution in [0.25, 0.3) is 10.1 Å². The van der Waals surface area contributed by atoms with E-state index in [0.717, 1.165) is 5.69 Å². The first kappa shape index (κ1) is 10.5. The quantitative estimate of drug-likeness (QED) is 0.806. The lowest BCUT2D eigenvalue weighted by Gasteiger charge is -2.04. The van der Waals surface area contributed by atoms with Crippen molar-refractivity contribution < 1.29 is 4.74 Å². The molecule has 0 fully saturated rings. The molecule has 0 bridgehead atoms. The van der Waals surface area contributed by atoms with Crippen LogP contribution in [0.5, 0.6) is 0 Å². The molecule has 2 aromatic rings. The van der Waals surface area contributed by atoms with E-state index >= 15 is 0 Å². The molecular formula is C12H15NOS. The third-order valence-electron chi connectivity index (χ3n) is 2.15. The van der Waals surface area contributed by atoms with Crippen LogP contribution in [-0.2, 0) is 11.3 Å². The first-order valence-electron chi connectivity index (χ1n) is 5.04. The molecule has 0 saturated carbocycles. The summed E-state index contributed by atoms with van der Waals surface area (Å²) < 4.78 is 6.84. The van der Waals surface area contributed by atoms with Gasteiger partial charge in [0.15, 0.2) is 0 Å². The number of thiophene rings is 1. The smallest absolute Gasteiger partial charge is 0.0813 e. The van der Waals surface area contributed by atoms with Crippen LogP contribution in [0.3, 0.4) is 0 Å². The van der Waals surface area contributed by atoms with Crippen LogP contribution >= 0.6 is 11.3 Å². The summed E-state index contributed by atoms with van der Waals surface area (Å²) in [6, 6.07) is 8.16. The second-order valence-electron chi connectivity index (χ2n) is 3.87. The van der Waals surface area contributed by atoms with Crippen LogP contribution in [0.2, 0.25) is 0 Å². The molecule has 2 nitrogen and oxygen atoms in total. The lowest BCUT2D eigenvalue weighted by atomic mass is 10.2. The van der Waals surface area contributed by atoms with E-state index in [-0.39, 0.29) is 6.10 Å². The molecule has 80 valence electrons. The molecule has 3 heteroatoms. The maximum atomic E-state index is 5.73. The third-order valence-corrected chi connectivity index (χ3v) is 3.24. The van der Waals surface area contributed by atoms with Crippen LogP contribution in [0.15, 0.2) is 24.3 Å². The molecule has 1 heterocycles. The first-order chi connectivity index (χ1) is 7.15. The highest BCUT2D eigenvalue weighted by atomic mass is 32.1. The summed E-state index contributed by atoms with van der Waals surface area (Å²) in [6.07, 6.45) is 0.278. The fraction of sp³-hybridized carbons (Fsp3) is 0.333. The van der Waals surface area contributed by atoms with Crippen LogP contribution in [0.1, 0.15) is 18.7 Å². The van der Waals surface area contributed by atoms with Crippen molar-refractivity contribution in [2.45, 2.75) is 26.6 Å². The van der Waals surface area contributed by atoms with Crippen molar-refractivity contribution in [3.05, 3.63) is 29.1 Å². The van der Waals surface area contributed by atoms with Gasteiger partial charge in [-0.25, -0.2) is 0 Å². The Morgan fingerprint density at radius 3 is 2.87 bits per heavy atom. The third kappa shape index (κ3) is 2.49. The van der Waals surface area contributed by atoms with Crippen molar-refractivity contribution in [2.75, 3.05) is 5.73 Å². The predicted molar refractivity (Wildman–Crippen MR) is 66.2 cm³/mol. The summed E-state index contributed by atoms with van der Waals surface area (Å²) in [5, 5.41) is 1.21. The van der Waals surface area contributed by atoms with Gasteiger partial charge >= 0.3 is 0 Å². The second kappa shape index (κ2) is 4.21. The Morgan fingerprint density at radius 2 is 2.13 bits per heavy atom. The Balaban J connectivity index is 2.23. The van der Waals surface area contributed by atoms with Crippen LogP contribution < -0.4 is 5.73 Å². The first-order valence-corrected chi connectivity index (χ1v) is 5.86. The van der Waals surface area contributed by atoms with E-state index in [0.29, 0.717) is 6.61 Å². The summed E-state index contributed by atoms with van der Waals surface area (Å²) in [7, 11) is 0. The molecule has 0 aliphatic carbocycles. The van der Waals surface area contributed by atoms with Gasteiger partial charge in [-0.2, -0.15) is 0 Å². The van der Waals surface area contributed by atoms with Crippen LogP contribution in [0.4, 0.5) is 5.69 Å². The molecule has 1 aromatic carbocycles. The Kier molecular flexibility index (Phi) is 2.93. The number of anilines is 1. The lowest BCUT2D eigenvalue weighted by Crippen LogP contribution is -2.00. The lowest BCUT2D eigenvalue weighted by molar-refractivity contribution is 0.0675. The highest BCUT2D eigenvalue weighted by Crippen LogP contribution is 2.27. The van der Waals surface area contributed by atoms with Gasteiger partial charge in [-0.3, -0.25) is 0 Å². The number of ether oxygens (including phenoxy) is 1. The molecule has 0 radical (unpaired) electrons. The molecular weight excluding hydrogens is 206 g/mol. The molecule has 0 aliphatic rings. The molecule has 0 saturated heterocycles. The highest BCUT2D eigenvalue weighted by molar-refractivity contribution is 7.19. The Hall–Kier alpha value is -1.06. The molecule has 1 aromatic heterocycles. The molecule has 0 spiro atoms. The van der Waals surface area contributed by atoms with E-state index in [2.05, 4.69) is 12.1 Å². The standard InChI is InChI=1S/C12H15NOS/c1-8(2)14-7-11-6-9-5-10(13)3-4-12(9)15-11/h3-6,8H,7,13H2,1-2H3. The molecule has 2 rings (SSSR count). The van der Waals surface area contributed by atoms with Gasteiger partial charge in [0.1, 0.15) is 0 Å². The van der Waals surface area contributed by atoms with Crippen molar-refractivity contribution in [2.24, 2.45) is 0 Å². The zero-order valence-corrected chi connectivity index (χ0v) is 9.80. The topological polar surface area (TPSA) is 35.2 Å². The summed E-state index contributed by atoms with van der Waals surface area (Å²) in [4.78, 5) is 1.25. The van der Waals surface area contributed by atoms with Crippen molar-refractivity contribution >= 4 is 27.1 Å². The number of nitrogens with two attached hydrogens (primary N) is 1. The van der Waals surface area contributed by atoms with Gasteiger partial charge in [0, 0.05) is 15.3 Å². The fourth-order valence-corrected chi connectivity index (χ4v) is 2.40. The Labute approximate surface area is 93.7 Å². The van der Waals surface area contributed by atoms with Crippen molar-refractivity contribution in [1.29, 1.82) is 0 Å². The Morgan fingerprint density at radius 1 is 1.33 bits per heavy atom. The van der Waals surface area contributed by atoms with Crippen molar-refractivity contribution in [1.82, 2.24) is 0 Å². The van der Waals surface area contributed by atoms with E-state index in [1.807, 2.05) is 26.0 Å². The molecule has 2 N–H and O–H groups in total. The summed E-state index contributed by atoms with van der Waals surface area (Å²) in [5.74, 6) is 0. The number of fused-ring (bicyclic) bond motifs is 1. The molecule has 0 unspecified atom stereocenters. The normalized spacial score (nSPS) is 11.4. The van der Waals surface area contributed by atoms with Gasteiger partial charge < -0.3 is 10.5 Å². The summed E-state index contributed by atoms with van der Waals surface area (Å²) in [5.41, 5.74) is 6.55. The molecule has 0 aliphatic heterocycles.